The summed E-state index contributed by atoms with van der Waals surface area (Å²) >= 11 is 1.57. The van der Waals surface area contributed by atoms with Crippen molar-refractivity contribution >= 4 is 11.3 Å². The maximum atomic E-state index is 5.28. The van der Waals surface area contributed by atoms with Gasteiger partial charge in [-0.1, -0.05) is 11.3 Å². The molecule has 0 bridgehead atoms. The number of aromatic nitrogens is 2. The Morgan fingerprint density at radius 3 is 2.19 bits per heavy atom. The smallest absolute Gasteiger partial charge is 0.148 e. The van der Waals surface area contributed by atoms with Crippen molar-refractivity contribution in [3.63, 3.8) is 0 Å². The minimum atomic E-state index is 0.0605. The summed E-state index contributed by atoms with van der Waals surface area (Å²) in [4.78, 5) is 0. The topological polar surface area (TPSA) is 56.3 Å². The van der Waals surface area contributed by atoms with Crippen LogP contribution in [0.1, 0.15) is 25.8 Å². The first kappa shape index (κ1) is 15.7. The van der Waals surface area contributed by atoms with Crippen molar-refractivity contribution in [2.45, 2.75) is 32.9 Å². The van der Waals surface area contributed by atoms with Crippen molar-refractivity contribution in [2.75, 3.05) is 14.2 Å². The van der Waals surface area contributed by atoms with Gasteiger partial charge in [-0.05, 0) is 32.9 Å². The number of methoxy groups -OCH3 is 2. The minimum Gasteiger partial charge on any atom is -0.497 e. The van der Waals surface area contributed by atoms with Gasteiger partial charge in [-0.15, -0.1) is 10.2 Å². The molecular weight excluding hydrogens is 286 g/mol. The minimum absolute atomic E-state index is 0.0605. The van der Waals surface area contributed by atoms with Gasteiger partial charge in [-0.2, -0.15) is 0 Å². The van der Waals surface area contributed by atoms with Crippen LogP contribution in [-0.2, 0) is 6.54 Å². The lowest BCUT2D eigenvalue weighted by Crippen LogP contribution is -2.35. The van der Waals surface area contributed by atoms with Crippen LogP contribution in [0.5, 0.6) is 11.5 Å². The molecule has 0 unspecified atom stereocenters. The number of benzene rings is 1. The zero-order valence-electron chi connectivity index (χ0n) is 13.1. The molecule has 0 spiro atoms. The Labute approximate surface area is 129 Å². The third-order valence-electron chi connectivity index (χ3n) is 2.84. The number of hydrogen-bond acceptors (Lipinski definition) is 6. The normalized spacial score (nSPS) is 11.5. The third kappa shape index (κ3) is 4.41. The lowest BCUT2D eigenvalue weighted by atomic mass is 10.1. The van der Waals surface area contributed by atoms with Crippen LogP contribution in [0.3, 0.4) is 0 Å². The highest BCUT2D eigenvalue weighted by Crippen LogP contribution is 2.31. The van der Waals surface area contributed by atoms with E-state index in [1.165, 1.54) is 0 Å². The number of rotatable bonds is 5. The van der Waals surface area contributed by atoms with Crippen LogP contribution in [0.2, 0.25) is 0 Å². The molecule has 1 heterocycles. The molecule has 0 fully saturated rings. The summed E-state index contributed by atoms with van der Waals surface area (Å²) in [5, 5.41) is 13.7. The summed E-state index contributed by atoms with van der Waals surface area (Å²) in [7, 11) is 3.27. The van der Waals surface area contributed by atoms with Gasteiger partial charge in [0.2, 0.25) is 0 Å². The molecule has 0 aliphatic heterocycles. The lowest BCUT2D eigenvalue weighted by Gasteiger charge is -2.19. The fraction of sp³-hybridized carbons (Fsp3) is 0.467. The summed E-state index contributed by atoms with van der Waals surface area (Å²) in [6, 6.07) is 5.71. The van der Waals surface area contributed by atoms with Crippen LogP contribution in [0.25, 0.3) is 10.6 Å². The molecule has 0 aliphatic rings. The van der Waals surface area contributed by atoms with Gasteiger partial charge in [0.15, 0.2) is 0 Å². The lowest BCUT2D eigenvalue weighted by molar-refractivity contribution is 0.394. The molecular formula is C15H21N3O2S. The maximum absolute atomic E-state index is 5.28. The molecule has 2 rings (SSSR count). The molecule has 0 saturated heterocycles. The van der Waals surface area contributed by atoms with Gasteiger partial charge in [0.25, 0.3) is 0 Å². The molecule has 0 atom stereocenters. The second-order valence-corrected chi connectivity index (χ2v) is 6.77. The first-order valence-corrected chi connectivity index (χ1v) is 7.54. The molecule has 2 aromatic rings. The van der Waals surface area contributed by atoms with Crippen LogP contribution >= 0.6 is 11.3 Å². The van der Waals surface area contributed by atoms with E-state index in [0.717, 1.165) is 27.1 Å². The van der Waals surface area contributed by atoms with Crippen molar-refractivity contribution in [1.82, 2.24) is 15.5 Å². The predicted molar refractivity (Wildman–Crippen MR) is 85.0 cm³/mol. The molecule has 5 nitrogen and oxygen atoms in total. The first-order valence-electron chi connectivity index (χ1n) is 6.72. The van der Waals surface area contributed by atoms with Crippen molar-refractivity contribution in [2.24, 2.45) is 0 Å². The van der Waals surface area contributed by atoms with E-state index in [-0.39, 0.29) is 5.54 Å². The van der Waals surface area contributed by atoms with E-state index in [2.05, 4.69) is 36.3 Å². The summed E-state index contributed by atoms with van der Waals surface area (Å²) in [5.74, 6) is 1.49. The van der Waals surface area contributed by atoms with Crippen molar-refractivity contribution in [1.29, 1.82) is 0 Å². The van der Waals surface area contributed by atoms with Crippen LogP contribution in [0, 0.1) is 0 Å². The number of nitrogens with zero attached hydrogens (tertiary/aromatic N) is 2. The molecule has 1 aromatic carbocycles. The molecule has 1 N–H and O–H groups in total. The van der Waals surface area contributed by atoms with Gasteiger partial charge >= 0.3 is 0 Å². The average Bonchev–Trinajstić information content (AvgIpc) is 2.92. The molecule has 0 saturated carbocycles. The molecule has 0 amide bonds. The van der Waals surface area contributed by atoms with Gasteiger partial charge in [0, 0.05) is 17.2 Å². The summed E-state index contributed by atoms with van der Waals surface area (Å²) in [5.41, 5.74) is 1.01. The molecule has 1 aromatic heterocycles. The Kier molecular flexibility index (Phi) is 4.80. The van der Waals surface area contributed by atoms with Crippen molar-refractivity contribution in [3.8, 4) is 22.1 Å². The Balaban J connectivity index is 2.21. The Morgan fingerprint density at radius 2 is 1.67 bits per heavy atom. The Bertz CT molecular complexity index is 583. The number of ether oxygens (including phenoxy) is 2. The van der Waals surface area contributed by atoms with Gasteiger partial charge in [0.1, 0.15) is 21.5 Å². The van der Waals surface area contributed by atoms with Crippen LogP contribution in [0.4, 0.5) is 0 Å². The average molecular weight is 307 g/mol. The molecule has 21 heavy (non-hydrogen) atoms. The van der Waals surface area contributed by atoms with Crippen LogP contribution < -0.4 is 14.8 Å². The molecule has 6 heteroatoms. The second-order valence-electron chi connectivity index (χ2n) is 5.71. The van der Waals surface area contributed by atoms with E-state index in [4.69, 9.17) is 9.47 Å². The SMILES string of the molecule is COc1cc(OC)cc(-c2nnc(CNC(C)(C)C)s2)c1. The van der Waals surface area contributed by atoms with E-state index in [9.17, 15) is 0 Å². The summed E-state index contributed by atoms with van der Waals surface area (Å²) < 4.78 is 10.6. The Hall–Kier alpha value is -1.66. The highest BCUT2D eigenvalue weighted by atomic mass is 32.1. The van der Waals surface area contributed by atoms with E-state index < -0.39 is 0 Å². The number of hydrogen-bond donors (Lipinski definition) is 1. The highest BCUT2D eigenvalue weighted by Gasteiger charge is 2.13. The summed E-state index contributed by atoms with van der Waals surface area (Å²) in [6.07, 6.45) is 0. The fourth-order valence-electron chi connectivity index (χ4n) is 1.71. The van der Waals surface area contributed by atoms with Crippen LogP contribution in [0.15, 0.2) is 18.2 Å². The highest BCUT2D eigenvalue weighted by molar-refractivity contribution is 7.14. The predicted octanol–water partition coefficient (Wildman–Crippen LogP) is 3.11. The Morgan fingerprint density at radius 1 is 1.05 bits per heavy atom. The zero-order valence-corrected chi connectivity index (χ0v) is 13.9. The molecule has 0 aliphatic carbocycles. The maximum Gasteiger partial charge on any atom is 0.148 e. The van der Waals surface area contributed by atoms with E-state index >= 15 is 0 Å². The largest absolute Gasteiger partial charge is 0.497 e. The molecule has 0 radical (unpaired) electrons. The van der Waals surface area contributed by atoms with Crippen molar-refractivity contribution in [3.05, 3.63) is 23.2 Å². The van der Waals surface area contributed by atoms with E-state index in [0.29, 0.717) is 6.54 Å². The second kappa shape index (κ2) is 6.41. The summed E-state index contributed by atoms with van der Waals surface area (Å²) in [6.45, 7) is 7.09. The van der Waals surface area contributed by atoms with Gasteiger partial charge in [-0.25, -0.2) is 0 Å². The molecule has 114 valence electrons. The zero-order chi connectivity index (χ0) is 15.5. The third-order valence-corrected chi connectivity index (χ3v) is 3.81. The monoisotopic (exact) mass is 307 g/mol. The standard InChI is InChI=1S/C15H21N3O2S/c1-15(2,3)16-9-13-17-18-14(21-13)10-6-11(19-4)8-12(7-10)20-5/h6-8,16H,9H2,1-5H3. The first-order chi connectivity index (χ1) is 9.91. The van der Waals surface area contributed by atoms with Gasteiger partial charge < -0.3 is 14.8 Å². The quantitative estimate of drug-likeness (QED) is 0.920. The van der Waals surface area contributed by atoms with Gasteiger partial charge in [-0.3, -0.25) is 0 Å². The number of nitrogens with one attached hydrogen (secondary N) is 1. The fourth-order valence-corrected chi connectivity index (χ4v) is 2.48. The van der Waals surface area contributed by atoms with Gasteiger partial charge in [0.05, 0.1) is 20.8 Å². The van der Waals surface area contributed by atoms with E-state index in [1.807, 2.05) is 18.2 Å². The van der Waals surface area contributed by atoms with E-state index in [1.54, 1.807) is 25.6 Å². The van der Waals surface area contributed by atoms with Crippen LogP contribution in [-0.4, -0.2) is 30.0 Å². The van der Waals surface area contributed by atoms with Crippen molar-refractivity contribution < 1.29 is 9.47 Å².